The molecular formula is C17H15FN4OS. The maximum atomic E-state index is 13.1. The Morgan fingerprint density at radius 1 is 1.08 bits per heavy atom. The quantitative estimate of drug-likeness (QED) is 0.647. The van der Waals surface area contributed by atoms with Crippen molar-refractivity contribution < 1.29 is 9.18 Å². The Hall–Kier alpha value is -2.93. The molecule has 3 aromatic rings. The SMILES string of the molecule is CNc1nc(-c2cccc(NC(=O)Nc3cccc(F)c3)c2)cs1. The third-order valence-corrected chi connectivity index (χ3v) is 4.08. The van der Waals surface area contributed by atoms with Gasteiger partial charge in [0.1, 0.15) is 5.82 Å². The first kappa shape index (κ1) is 15.9. The van der Waals surface area contributed by atoms with Crippen LogP contribution in [0.3, 0.4) is 0 Å². The molecule has 24 heavy (non-hydrogen) atoms. The molecule has 5 nitrogen and oxygen atoms in total. The lowest BCUT2D eigenvalue weighted by Crippen LogP contribution is -2.19. The Morgan fingerprint density at radius 2 is 1.79 bits per heavy atom. The molecule has 3 N–H and O–H groups in total. The van der Waals surface area contributed by atoms with Gasteiger partial charge in [-0.3, -0.25) is 0 Å². The summed E-state index contributed by atoms with van der Waals surface area (Å²) in [5.41, 5.74) is 2.75. The topological polar surface area (TPSA) is 66.0 Å². The molecule has 0 saturated heterocycles. The number of aromatic nitrogens is 1. The maximum Gasteiger partial charge on any atom is 0.323 e. The summed E-state index contributed by atoms with van der Waals surface area (Å²) in [5, 5.41) is 11.1. The van der Waals surface area contributed by atoms with Gasteiger partial charge in [0.2, 0.25) is 0 Å². The molecule has 0 aliphatic carbocycles. The maximum absolute atomic E-state index is 13.1. The van der Waals surface area contributed by atoms with E-state index >= 15 is 0 Å². The van der Waals surface area contributed by atoms with Crippen LogP contribution in [0.2, 0.25) is 0 Å². The van der Waals surface area contributed by atoms with Crippen molar-refractivity contribution in [2.24, 2.45) is 0 Å². The average molecular weight is 342 g/mol. The van der Waals surface area contributed by atoms with Gasteiger partial charge in [-0.2, -0.15) is 0 Å². The highest BCUT2D eigenvalue weighted by Gasteiger charge is 2.07. The summed E-state index contributed by atoms with van der Waals surface area (Å²) in [5.74, 6) is -0.404. The predicted octanol–water partition coefficient (Wildman–Crippen LogP) is 4.63. The van der Waals surface area contributed by atoms with Crippen molar-refractivity contribution in [3.63, 3.8) is 0 Å². The molecule has 0 radical (unpaired) electrons. The van der Waals surface area contributed by atoms with Gasteiger partial charge < -0.3 is 16.0 Å². The summed E-state index contributed by atoms with van der Waals surface area (Å²) in [4.78, 5) is 16.5. The second kappa shape index (κ2) is 7.10. The summed E-state index contributed by atoms with van der Waals surface area (Å²) < 4.78 is 13.1. The monoisotopic (exact) mass is 342 g/mol. The van der Waals surface area contributed by atoms with E-state index in [-0.39, 0.29) is 0 Å². The zero-order valence-corrected chi connectivity index (χ0v) is 13.7. The first-order valence-corrected chi connectivity index (χ1v) is 8.09. The number of hydrogen-bond acceptors (Lipinski definition) is 4. The Labute approximate surface area is 142 Å². The summed E-state index contributed by atoms with van der Waals surface area (Å²) in [6, 6.07) is 12.7. The van der Waals surface area contributed by atoms with E-state index in [1.807, 2.05) is 30.6 Å². The number of thiazole rings is 1. The van der Waals surface area contributed by atoms with Crippen LogP contribution in [0, 0.1) is 5.82 Å². The van der Waals surface area contributed by atoms with Gasteiger partial charge in [0.05, 0.1) is 5.69 Å². The molecule has 2 amide bonds. The number of hydrogen-bond donors (Lipinski definition) is 3. The number of carbonyl (C=O) groups excluding carboxylic acids is 1. The number of rotatable bonds is 4. The van der Waals surface area contributed by atoms with E-state index in [4.69, 9.17) is 0 Å². The number of nitrogens with one attached hydrogen (secondary N) is 3. The van der Waals surface area contributed by atoms with E-state index in [0.717, 1.165) is 16.4 Å². The van der Waals surface area contributed by atoms with E-state index in [2.05, 4.69) is 20.9 Å². The van der Waals surface area contributed by atoms with Crippen LogP contribution in [-0.2, 0) is 0 Å². The largest absolute Gasteiger partial charge is 0.365 e. The van der Waals surface area contributed by atoms with Crippen LogP contribution >= 0.6 is 11.3 Å². The van der Waals surface area contributed by atoms with Gasteiger partial charge in [0.25, 0.3) is 0 Å². The number of nitrogens with zero attached hydrogens (tertiary/aromatic N) is 1. The molecule has 0 fully saturated rings. The molecule has 0 atom stereocenters. The van der Waals surface area contributed by atoms with Crippen LogP contribution in [0.25, 0.3) is 11.3 Å². The standard InChI is InChI=1S/C17H15FN4OS/c1-19-17-22-15(10-24-17)11-4-2-6-13(8-11)20-16(23)21-14-7-3-5-12(18)9-14/h2-10H,1H3,(H,19,22)(H2,20,21,23). The van der Waals surface area contributed by atoms with Crippen molar-refractivity contribution in [3.8, 4) is 11.3 Å². The minimum Gasteiger partial charge on any atom is -0.365 e. The number of halogens is 1. The first-order valence-electron chi connectivity index (χ1n) is 7.21. The van der Waals surface area contributed by atoms with E-state index in [1.165, 1.54) is 29.5 Å². The first-order chi connectivity index (χ1) is 11.6. The number of carbonyl (C=O) groups is 1. The summed E-state index contributed by atoms with van der Waals surface area (Å²) in [6.07, 6.45) is 0. The van der Waals surface area contributed by atoms with Gasteiger partial charge in [-0.15, -0.1) is 11.3 Å². The third kappa shape index (κ3) is 3.88. The lowest BCUT2D eigenvalue weighted by atomic mass is 10.1. The molecule has 0 saturated carbocycles. The number of urea groups is 1. The van der Waals surface area contributed by atoms with E-state index < -0.39 is 11.8 Å². The highest BCUT2D eigenvalue weighted by Crippen LogP contribution is 2.26. The molecule has 2 aromatic carbocycles. The molecule has 0 aliphatic heterocycles. The van der Waals surface area contributed by atoms with Crippen LogP contribution in [0.4, 0.5) is 25.7 Å². The molecule has 7 heteroatoms. The van der Waals surface area contributed by atoms with Crippen LogP contribution in [-0.4, -0.2) is 18.1 Å². The Bertz CT molecular complexity index is 865. The highest BCUT2D eigenvalue weighted by molar-refractivity contribution is 7.14. The van der Waals surface area contributed by atoms with E-state index in [1.54, 1.807) is 12.1 Å². The van der Waals surface area contributed by atoms with Crippen molar-refractivity contribution >= 4 is 33.9 Å². The minimum atomic E-state index is -0.438. The van der Waals surface area contributed by atoms with E-state index in [0.29, 0.717) is 11.4 Å². The molecule has 0 bridgehead atoms. The summed E-state index contributed by atoms with van der Waals surface area (Å²) >= 11 is 1.51. The highest BCUT2D eigenvalue weighted by atomic mass is 32.1. The van der Waals surface area contributed by atoms with Crippen molar-refractivity contribution in [2.45, 2.75) is 0 Å². The lowest BCUT2D eigenvalue weighted by Gasteiger charge is -2.08. The summed E-state index contributed by atoms with van der Waals surface area (Å²) in [7, 11) is 1.82. The molecule has 0 spiro atoms. The Balaban J connectivity index is 1.71. The van der Waals surface area contributed by atoms with Gasteiger partial charge in [0.15, 0.2) is 5.13 Å². The zero-order valence-electron chi connectivity index (χ0n) is 12.8. The van der Waals surface area contributed by atoms with Gasteiger partial charge >= 0.3 is 6.03 Å². The smallest absolute Gasteiger partial charge is 0.323 e. The molecule has 122 valence electrons. The fourth-order valence-corrected chi connectivity index (χ4v) is 2.82. The van der Waals surface area contributed by atoms with Crippen LogP contribution in [0.15, 0.2) is 53.9 Å². The van der Waals surface area contributed by atoms with Crippen molar-refractivity contribution in [1.29, 1.82) is 0 Å². The van der Waals surface area contributed by atoms with Crippen molar-refractivity contribution in [2.75, 3.05) is 23.0 Å². The van der Waals surface area contributed by atoms with Gasteiger partial charge in [-0.1, -0.05) is 18.2 Å². The number of amides is 2. The van der Waals surface area contributed by atoms with Crippen LogP contribution < -0.4 is 16.0 Å². The second-order valence-electron chi connectivity index (χ2n) is 4.96. The van der Waals surface area contributed by atoms with Gasteiger partial charge in [-0.05, 0) is 30.3 Å². The zero-order chi connectivity index (χ0) is 16.9. The number of benzene rings is 2. The second-order valence-corrected chi connectivity index (χ2v) is 5.82. The minimum absolute atomic E-state index is 0.391. The fourth-order valence-electron chi connectivity index (χ4n) is 2.14. The third-order valence-electron chi connectivity index (χ3n) is 3.22. The predicted molar refractivity (Wildman–Crippen MR) is 96.1 cm³/mol. The molecule has 0 aliphatic rings. The van der Waals surface area contributed by atoms with Crippen molar-refractivity contribution in [3.05, 3.63) is 59.7 Å². The Morgan fingerprint density at radius 3 is 2.46 bits per heavy atom. The van der Waals surface area contributed by atoms with Gasteiger partial charge in [-0.25, -0.2) is 14.2 Å². The molecule has 3 rings (SSSR count). The average Bonchev–Trinajstić information content (AvgIpc) is 3.04. The van der Waals surface area contributed by atoms with Crippen LogP contribution in [0.1, 0.15) is 0 Å². The molecular weight excluding hydrogens is 327 g/mol. The Kier molecular flexibility index (Phi) is 4.72. The number of anilines is 3. The van der Waals surface area contributed by atoms with Gasteiger partial charge in [0, 0.05) is 29.4 Å². The summed E-state index contributed by atoms with van der Waals surface area (Å²) in [6.45, 7) is 0. The molecule has 0 unspecified atom stereocenters. The molecule has 1 aromatic heterocycles. The molecule has 1 heterocycles. The van der Waals surface area contributed by atoms with Crippen LogP contribution in [0.5, 0.6) is 0 Å². The fraction of sp³-hybridized carbons (Fsp3) is 0.0588. The lowest BCUT2D eigenvalue weighted by molar-refractivity contribution is 0.262. The normalized spacial score (nSPS) is 10.2. The van der Waals surface area contributed by atoms with Crippen molar-refractivity contribution in [1.82, 2.24) is 4.98 Å². The van der Waals surface area contributed by atoms with E-state index in [9.17, 15) is 9.18 Å².